The second-order valence-corrected chi connectivity index (χ2v) is 8.31. The third kappa shape index (κ3) is 2.60. The van der Waals surface area contributed by atoms with E-state index in [1.807, 2.05) is 24.3 Å². The van der Waals surface area contributed by atoms with Crippen LogP contribution in [0.25, 0.3) is 11.1 Å². The van der Waals surface area contributed by atoms with E-state index >= 15 is 0 Å². The number of carbonyl (C=O) groups excluding carboxylic acids is 1. The van der Waals surface area contributed by atoms with Crippen LogP contribution in [0, 0.1) is 5.92 Å². The van der Waals surface area contributed by atoms with E-state index in [1.54, 1.807) is 4.90 Å². The van der Waals surface area contributed by atoms with Crippen LogP contribution >= 0.6 is 0 Å². The van der Waals surface area contributed by atoms with Crippen LogP contribution in [-0.4, -0.2) is 40.8 Å². The molecule has 2 aliphatic heterocycles. The fourth-order valence-corrected chi connectivity index (χ4v) is 5.44. The molecule has 5 nitrogen and oxygen atoms in total. The quantitative estimate of drug-likeness (QED) is 0.845. The van der Waals surface area contributed by atoms with Gasteiger partial charge in [0.05, 0.1) is 0 Å². The Kier molecular flexibility index (Phi) is 3.93. The second kappa shape index (κ2) is 6.36. The minimum absolute atomic E-state index is 0.0453. The normalized spacial score (nSPS) is 24.4. The van der Waals surface area contributed by atoms with E-state index in [4.69, 9.17) is 9.84 Å². The molecule has 2 saturated heterocycles. The lowest BCUT2D eigenvalue weighted by molar-refractivity contribution is -0.138. The maximum Gasteiger partial charge on any atom is 0.410 e. The highest BCUT2D eigenvalue weighted by Gasteiger charge is 2.58. The standard InChI is InChI=1S/C23H23NO4/c25-21(26)9-10-23-11-15(12-23)13-24(23)22(27)28-14-20-18-7-3-1-5-16(18)17-6-2-4-8-19(17)20/h1-8,15,20H,9-14H2,(H,25,26). The van der Waals surface area contributed by atoms with Crippen molar-refractivity contribution in [3.05, 3.63) is 59.7 Å². The highest BCUT2D eigenvalue weighted by Crippen LogP contribution is 2.53. The van der Waals surface area contributed by atoms with Crippen molar-refractivity contribution in [1.29, 1.82) is 0 Å². The van der Waals surface area contributed by atoms with E-state index in [0.717, 1.165) is 12.8 Å². The number of carboxylic acids is 1. The van der Waals surface area contributed by atoms with Gasteiger partial charge in [-0.05, 0) is 47.4 Å². The summed E-state index contributed by atoms with van der Waals surface area (Å²) in [6.45, 7) is 0.999. The first-order chi connectivity index (χ1) is 13.6. The molecule has 28 heavy (non-hydrogen) atoms. The average molecular weight is 377 g/mol. The summed E-state index contributed by atoms with van der Waals surface area (Å²) < 4.78 is 5.79. The minimum Gasteiger partial charge on any atom is -0.481 e. The molecule has 2 aromatic carbocycles. The van der Waals surface area contributed by atoms with E-state index in [1.165, 1.54) is 22.3 Å². The zero-order chi connectivity index (χ0) is 19.3. The number of carboxylic acid groups (broad SMARTS) is 1. The Morgan fingerprint density at radius 3 is 2.25 bits per heavy atom. The molecular weight excluding hydrogens is 354 g/mol. The summed E-state index contributed by atoms with van der Waals surface area (Å²) in [5.41, 5.74) is 4.51. The summed E-state index contributed by atoms with van der Waals surface area (Å²) in [5, 5.41) is 9.03. The number of benzene rings is 2. The highest BCUT2D eigenvalue weighted by atomic mass is 16.6. The van der Waals surface area contributed by atoms with Crippen molar-refractivity contribution in [1.82, 2.24) is 4.90 Å². The molecule has 2 aliphatic carbocycles. The molecule has 0 spiro atoms. The molecule has 2 heterocycles. The van der Waals surface area contributed by atoms with Crippen LogP contribution in [0.1, 0.15) is 42.7 Å². The summed E-state index contributed by atoms with van der Waals surface area (Å²) >= 11 is 0. The Balaban J connectivity index is 1.32. The maximum absolute atomic E-state index is 12.9. The predicted octanol–water partition coefficient (Wildman–Crippen LogP) is 4.26. The number of ether oxygens (including phenoxy) is 1. The van der Waals surface area contributed by atoms with Crippen LogP contribution in [0.3, 0.4) is 0 Å². The van der Waals surface area contributed by atoms with E-state index in [9.17, 15) is 9.59 Å². The van der Waals surface area contributed by atoms with Crippen molar-refractivity contribution in [3.63, 3.8) is 0 Å². The minimum atomic E-state index is -0.808. The topological polar surface area (TPSA) is 66.8 Å². The van der Waals surface area contributed by atoms with E-state index in [0.29, 0.717) is 25.5 Å². The molecule has 0 radical (unpaired) electrons. The van der Waals surface area contributed by atoms with Crippen LogP contribution in [0.2, 0.25) is 0 Å². The first-order valence-electron chi connectivity index (χ1n) is 9.92. The third-order valence-corrected chi connectivity index (χ3v) is 6.71. The van der Waals surface area contributed by atoms with Crippen molar-refractivity contribution in [2.75, 3.05) is 13.2 Å². The smallest absolute Gasteiger partial charge is 0.410 e. The Labute approximate surface area is 163 Å². The fourth-order valence-electron chi connectivity index (χ4n) is 5.44. The Hall–Kier alpha value is -2.82. The SMILES string of the molecule is O=C(O)CCC12CC(CN1C(=O)OCC1c3ccccc3-c3ccccc31)C2. The van der Waals surface area contributed by atoms with Gasteiger partial charge >= 0.3 is 12.1 Å². The second-order valence-electron chi connectivity index (χ2n) is 8.31. The molecule has 1 saturated carbocycles. The van der Waals surface area contributed by atoms with Gasteiger partial charge in [-0.2, -0.15) is 0 Å². The van der Waals surface area contributed by atoms with Gasteiger partial charge in [-0.1, -0.05) is 48.5 Å². The van der Waals surface area contributed by atoms with Crippen LogP contribution in [-0.2, 0) is 9.53 Å². The van der Waals surface area contributed by atoms with Gasteiger partial charge in [-0.15, -0.1) is 0 Å². The monoisotopic (exact) mass is 377 g/mol. The Morgan fingerprint density at radius 2 is 1.64 bits per heavy atom. The van der Waals surface area contributed by atoms with E-state index in [2.05, 4.69) is 24.3 Å². The van der Waals surface area contributed by atoms with Crippen molar-refractivity contribution in [2.45, 2.75) is 37.1 Å². The molecule has 6 rings (SSSR count). The first-order valence-corrected chi connectivity index (χ1v) is 9.92. The zero-order valence-electron chi connectivity index (χ0n) is 15.6. The van der Waals surface area contributed by atoms with Gasteiger partial charge in [0.25, 0.3) is 0 Å². The molecule has 1 amide bonds. The zero-order valence-corrected chi connectivity index (χ0v) is 15.6. The van der Waals surface area contributed by atoms with Crippen LogP contribution < -0.4 is 0 Å². The molecule has 0 atom stereocenters. The van der Waals surface area contributed by atoms with Gasteiger partial charge in [0.15, 0.2) is 0 Å². The van der Waals surface area contributed by atoms with Gasteiger partial charge in [-0.3, -0.25) is 4.79 Å². The summed E-state index contributed by atoms with van der Waals surface area (Å²) in [6.07, 6.45) is 2.13. The number of hydrogen-bond acceptors (Lipinski definition) is 3. The van der Waals surface area contributed by atoms with Crippen LogP contribution in [0.5, 0.6) is 0 Å². The molecule has 0 unspecified atom stereocenters. The number of carbonyl (C=O) groups is 2. The molecular formula is C23H23NO4. The van der Waals surface area contributed by atoms with Crippen molar-refractivity contribution >= 4 is 12.1 Å². The lowest BCUT2D eigenvalue weighted by atomic mass is 9.71. The van der Waals surface area contributed by atoms with Gasteiger partial charge < -0.3 is 14.7 Å². The van der Waals surface area contributed by atoms with Gasteiger partial charge in [0.2, 0.25) is 0 Å². The maximum atomic E-state index is 12.9. The van der Waals surface area contributed by atoms with Crippen LogP contribution in [0.4, 0.5) is 4.79 Å². The first kappa shape index (κ1) is 17.3. The van der Waals surface area contributed by atoms with Crippen molar-refractivity contribution in [2.24, 2.45) is 5.92 Å². The summed E-state index contributed by atoms with van der Waals surface area (Å²) in [5.74, 6) is -0.268. The molecule has 3 fully saturated rings. The van der Waals surface area contributed by atoms with Crippen LogP contribution in [0.15, 0.2) is 48.5 Å². The number of fused-ring (bicyclic) bond motifs is 4. The summed E-state index contributed by atoms with van der Waals surface area (Å²) in [4.78, 5) is 25.7. The average Bonchev–Trinajstić information content (AvgIpc) is 3.32. The third-order valence-electron chi connectivity index (χ3n) is 6.71. The lowest BCUT2D eigenvalue weighted by Gasteiger charge is -2.41. The van der Waals surface area contributed by atoms with Crippen molar-refractivity contribution in [3.8, 4) is 11.1 Å². The number of hydrogen-bond donors (Lipinski definition) is 1. The van der Waals surface area contributed by atoms with Gasteiger partial charge in [0, 0.05) is 24.4 Å². The largest absolute Gasteiger partial charge is 0.481 e. The summed E-state index contributed by atoms with van der Waals surface area (Å²) in [7, 11) is 0. The van der Waals surface area contributed by atoms with Gasteiger partial charge in [0.1, 0.15) is 6.61 Å². The molecule has 2 aromatic rings. The highest BCUT2D eigenvalue weighted by molar-refractivity contribution is 5.79. The molecule has 5 heteroatoms. The van der Waals surface area contributed by atoms with E-state index < -0.39 is 5.97 Å². The molecule has 0 aromatic heterocycles. The number of aliphatic carboxylic acids is 1. The Bertz CT molecular complexity index is 902. The predicted molar refractivity (Wildman–Crippen MR) is 104 cm³/mol. The number of rotatable bonds is 5. The number of nitrogens with zero attached hydrogens (tertiary/aromatic N) is 1. The van der Waals surface area contributed by atoms with Gasteiger partial charge in [-0.25, -0.2) is 4.79 Å². The lowest BCUT2D eigenvalue weighted by Crippen LogP contribution is -2.49. The molecule has 4 aliphatic rings. The molecule has 1 N–H and O–H groups in total. The molecule has 144 valence electrons. The summed E-state index contributed by atoms with van der Waals surface area (Å²) in [6, 6.07) is 16.6. The fraction of sp³-hybridized carbons (Fsp3) is 0.391. The number of amides is 1. The van der Waals surface area contributed by atoms with Crippen molar-refractivity contribution < 1.29 is 19.4 Å². The van der Waals surface area contributed by atoms with E-state index in [-0.39, 0.29) is 24.0 Å². The Morgan fingerprint density at radius 1 is 1.04 bits per heavy atom. The molecule has 2 bridgehead atoms.